The number of sulfonamides is 1. The van der Waals surface area contributed by atoms with Gasteiger partial charge in [-0.1, -0.05) is 23.8 Å². The number of hydrogen-bond acceptors (Lipinski definition) is 3. The Hall–Kier alpha value is -3.33. The molecule has 4 rings (SSSR count). The molecule has 0 saturated heterocycles. The van der Waals surface area contributed by atoms with Gasteiger partial charge in [0.05, 0.1) is 10.5 Å². The van der Waals surface area contributed by atoms with E-state index in [1.54, 1.807) is 23.1 Å². The van der Waals surface area contributed by atoms with E-state index in [4.69, 9.17) is 0 Å². The molecule has 172 valence electrons. The summed E-state index contributed by atoms with van der Waals surface area (Å²) >= 11 is 0. The largest absolute Gasteiger partial charge is 0.416 e. The number of alkyl halides is 3. The number of carbonyl (C=O) groups is 1. The number of nitrogens with zero attached hydrogens (tertiary/aromatic N) is 1. The third kappa shape index (κ3) is 4.88. The number of hydrogen-bond donors (Lipinski definition) is 1. The highest BCUT2D eigenvalue weighted by atomic mass is 32.2. The van der Waals surface area contributed by atoms with E-state index in [0.717, 1.165) is 23.8 Å². The molecule has 0 bridgehead atoms. The second kappa shape index (κ2) is 8.55. The van der Waals surface area contributed by atoms with Crippen molar-refractivity contribution in [1.29, 1.82) is 0 Å². The molecular weight excluding hydrogens is 453 g/mol. The highest BCUT2D eigenvalue weighted by Gasteiger charge is 2.31. The molecule has 0 unspecified atom stereocenters. The predicted octanol–water partition coefficient (Wildman–Crippen LogP) is 5.41. The van der Waals surface area contributed by atoms with E-state index in [-0.39, 0.29) is 16.5 Å². The van der Waals surface area contributed by atoms with E-state index >= 15 is 0 Å². The number of nitrogens with one attached hydrogen (secondary N) is 1. The van der Waals surface area contributed by atoms with Crippen LogP contribution in [0.2, 0.25) is 0 Å². The number of amides is 1. The molecule has 0 radical (unpaired) electrons. The first-order valence-corrected chi connectivity index (χ1v) is 11.7. The molecule has 1 amide bonds. The third-order valence-electron chi connectivity index (χ3n) is 5.47. The molecule has 0 fully saturated rings. The average molecular weight is 475 g/mol. The van der Waals surface area contributed by atoms with Crippen LogP contribution in [-0.2, 0) is 22.6 Å². The number of benzene rings is 3. The van der Waals surface area contributed by atoms with Gasteiger partial charge < -0.3 is 4.90 Å². The number of halogens is 3. The summed E-state index contributed by atoms with van der Waals surface area (Å²) in [5.74, 6) is -0.173. The fraction of sp³-hybridized carbons (Fsp3) is 0.208. The first-order chi connectivity index (χ1) is 15.5. The van der Waals surface area contributed by atoms with Crippen molar-refractivity contribution >= 4 is 27.3 Å². The average Bonchev–Trinajstić information content (AvgIpc) is 2.77. The minimum atomic E-state index is -4.58. The van der Waals surface area contributed by atoms with Gasteiger partial charge in [0.2, 0.25) is 0 Å². The zero-order valence-electron chi connectivity index (χ0n) is 17.7. The first-order valence-electron chi connectivity index (χ1n) is 10.3. The minimum absolute atomic E-state index is 0.0803. The molecule has 3 aromatic carbocycles. The molecule has 3 aromatic rings. The molecular formula is C24H21F3N2O3S. The second-order valence-corrected chi connectivity index (χ2v) is 9.58. The highest BCUT2D eigenvalue weighted by molar-refractivity contribution is 7.92. The van der Waals surface area contributed by atoms with Gasteiger partial charge in [-0.25, -0.2) is 8.42 Å². The Kier molecular flexibility index (Phi) is 5.92. The molecule has 0 saturated carbocycles. The third-order valence-corrected chi connectivity index (χ3v) is 6.84. The Morgan fingerprint density at radius 2 is 1.73 bits per heavy atom. The van der Waals surface area contributed by atoms with E-state index in [0.29, 0.717) is 36.2 Å². The van der Waals surface area contributed by atoms with Crippen molar-refractivity contribution in [1.82, 2.24) is 0 Å². The van der Waals surface area contributed by atoms with Crippen LogP contribution < -0.4 is 9.62 Å². The van der Waals surface area contributed by atoms with Gasteiger partial charge in [-0.3, -0.25) is 9.52 Å². The quantitative estimate of drug-likeness (QED) is 0.550. The van der Waals surface area contributed by atoms with Crippen LogP contribution in [0.1, 0.15) is 33.5 Å². The van der Waals surface area contributed by atoms with Crippen LogP contribution in [0.4, 0.5) is 24.5 Å². The molecule has 0 aliphatic carbocycles. The smallest absolute Gasteiger partial charge is 0.308 e. The maximum absolute atomic E-state index is 13.0. The topological polar surface area (TPSA) is 66.5 Å². The molecule has 0 atom stereocenters. The molecule has 0 spiro atoms. The Morgan fingerprint density at radius 3 is 2.42 bits per heavy atom. The van der Waals surface area contributed by atoms with E-state index in [1.165, 1.54) is 18.2 Å². The lowest BCUT2D eigenvalue weighted by Crippen LogP contribution is -2.35. The lowest BCUT2D eigenvalue weighted by Gasteiger charge is -2.30. The van der Waals surface area contributed by atoms with Gasteiger partial charge in [-0.15, -0.1) is 0 Å². The molecule has 1 aliphatic rings. The van der Waals surface area contributed by atoms with Crippen LogP contribution in [0.5, 0.6) is 0 Å². The Labute approximate surface area is 189 Å². The van der Waals surface area contributed by atoms with Crippen LogP contribution in [0.3, 0.4) is 0 Å². The van der Waals surface area contributed by atoms with Crippen LogP contribution >= 0.6 is 0 Å². The molecule has 5 nitrogen and oxygen atoms in total. The maximum atomic E-state index is 13.0. The number of carbonyl (C=O) groups excluding carboxylic acids is 1. The zero-order chi connectivity index (χ0) is 23.8. The summed E-state index contributed by atoms with van der Waals surface area (Å²) in [5.41, 5.74) is 1.76. The van der Waals surface area contributed by atoms with E-state index in [9.17, 15) is 26.4 Å². The van der Waals surface area contributed by atoms with Gasteiger partial charge >= 0.3 is 6.18 Å². The van der Waals surface area contributed by atoms with Crippen LogP contribution in [0.15, 0.2) is 71.6 Å². The summed E-state index contributed by atoms with van der Waals surface area (Å²) in [4.78, 5) is 14.6. The van der Waals surface area contributed by atoms with Crippen molar-refractivity contribution in [2.24, 2.45) is 0 Å². The second-order valence-electron chi connectivity index (χ2n) is 7.90. The van der Waals surface area contributed by atoms with Crippen molar-refractivity contribution in [3.63, 3.8) is 0 Å². The van der Waals surface area contributed by atoms with E-state index in [1.807, 2.05) is 19.1 Å². The molecule has 1 N–H and O–H groups in total. The number of aryl methyl sites for hydroxylation is 2. The van der Waals surface area contributed by atoms with Crippen molar-refractivity contribution in [2.45, 2.75) is 30.8 Å². The molecule has 1 aliphatic heterocycles. The van der Waals surface area contributed by atoms with Gasteiger partial charge in [0, 0.05) is 23.5 Å². The summed E-state index contributed by atoms with van der Waals surface area (Å²) < 4.78 is 66.7. The van der Waals surface area contributed by atoms with Gasteiger partial charge in [-0.05, 0) is 73.9 Å². The van der Waals surface area contributed by atoms with Crippen LogP contribution in [0, 0.1) is 6.92 Å². The maximum Gasteiger partial charge on any atom is 0.416 e. The van der Waals surface area contributed by atoms with Gasteiger partial charge in [-0.2, -0.15) is 13.2 Å². The Morgan fingerprint density at radius 1 is 1.00 bits per heavy atom. The normalized spacial score (nSPS) is 14.0. The molecule has 1 heterocycles. The van der Waals surface area contributed by atoms with Crippen molar-refractivity contribution < 1.29 is 26.4 Å². The summed E-state index contributed by atoms with van der Waals surface area (Å²) in [5, 5.41) is 0. The number of fused-ring (bicyclic) bond motifs is 1. The number of anilines is 2. The summed E-state index contributed by atoms with van der Waals surface area (Å²) in [6, 6.07) is 15.6. The van der Waals surface area contributed by atoms with Crippen molar-refractivity contribution in [3.8, 4) is 0 Å². The zero-order valence-corrected chi connectivity index (χ0v) is 18.5. The Balaban J connectivity index is 1.61. The van der Waals surface area contributed by atoms with Gasteiger partial charge in [0.25, 0.3) is 15.9 Å². The highest BCUT2D eigenvalue weighted by Crippen LogP contribution is 2.33. The monoisotopic (exact) mass is 474 g/mol. The predicted molar refractivity (Wildman–Crippen MR) is 120 cm³/mol. The summed E-state index contributed by atoms with van der Waals surface area (Å²) in [7, 11) is -4.12. The van der Waals surface area contributed by atoms with Crippen molar-refractivity contribution in [3.05, 3.63) is 89.0 Å². The van der Waals surface area contributed by atoms with E-state index in [2.05, 4.69) is 4.72 Å². The van der Waals surface area contributed by atoms with Crippen LogP contribution in [-0.4, -0.2) is 20.9 Å². The molecule has 33 heavy (non-hydrogen) atoms. The van der Waals surface area contributed by atoms with Crippen LogP contribution in [0.25, 0.3) is 0 Å². The summed E-state index contributed by atoms with van der Waals surface area (Å²) in [6.07, 6.45) is -3.34. The number of rotatable bonds is 4. The lowest BCUT2D eigenvalue weighted by atomic mass is 10.0. The molecule has 9 heteroatoms. The lowest BCUT2D eigenvalue weighted by molar-refractivity contribution is -0.137. The van der Waals surface area contributed by atoms with Crippen molar-refractivity contribution in [2.75, 3.05) is 16.2 Å². The Bertz CT molecular complexity index is 1300. The van der Waals surface area contributed by atoms with E-state index < -0.39 is 21.8 Å². The van der Waals surface area contributed by atoms with Gasteiger partial charge in [0.15, 0.2) is 0 Å². The molecule has 0 aromatic heterocycles. The minimum Gasteiger partial charge on any atom is -0.308 e. The fourth-order valence-corrected chi connectivity index (χ4v) is 4.88. The SMILES string of the molecule is Cc1ccc(C(=O)N2CCCc3cc(S(=O)(=O)Nc4cccc(C(F)(F)F)c4)ccc32)cc1. The van der Waals surface area contributed by atoms with Gasteiger partial charge in [0.1, 0.15) is 0 Å². The fourth-order valence-electron chi connectivity index (χ4n) is 3.78. The first kappa shape index (κ1) is 22.8. The summed E-state index contributed by atoms with van der Waals surface area (Å²) in [6.45, 7) is 2.44. The standard InChI is InChI=1S/C24H21F3N2O3S/c1-16-7-9-17(10-8-16)23(30)29-13-3-4-18-14-21(11-12-22(18)29)33(31,32)28-20-6-2-5-19(15-20)24(25,26)27/h2,5-12,14-15,28H,3-4,13H2,1H3.